The zero-order valence-electron chi connectivity index (χ0n) is 17.9. The molecule has 34 heavy (non-hydrogen) atoms. The van der Waals surface area contributed by atoms with Crippen LogP contribution in [0.4, 0.5) is 0 Å². The second-order valence-corrected chi connectivity index (χ2v) is 6.67. The molecular weight excluding hydrogens is 456 g/mol. The zero-order valence-corrected chi connectivity index (χ0v) is 17.9. The fraction of sp³-hybridized carbons (Fsp3) is 0.318. The molecule has 0 bridgehead atoms. The van der Waals surface area contributed by atoms with E-state index in [2.05, 4.69) is 0 Å². The molecule has 2 aromatic carbocycles. The van der Waals surface area contributed by atoms with Gasteiger partial charge >= 0.3 is 17.9 Å². The Bertz CT molecular complexity index is 1000. The van der Waals surface area contributed by atoms with Crippen molar-refractivity contribution < 1.29 is 58.9 Å². The number of benzene rings is 2. The van der Waals surface area contributed by atoms with Gasteiger partial charge in [0.05, 0.1) is 37.6 Å². The summed E-state index contributed by atoms with van der Waals surface area (Å²) in [5, 5.41) is 45.9. The van der Waals surface area contributed by atoms with E-state index in [1.807, 2.05) is 0 Å². The largest absolute Gasteiger partial charge is 0.491 e. The van der Waals surface area contributed by atoms with Crippen LogP contribution in [0, 0.1) is 0 Å². The minimum atomic E-state index is -1.83. The Morgan fingerprint density at radius 3 is 1.62 bits per heavy atom. The normalized spacial score (nSPS) is 10.8. The smallest absolute Gasteiger partial charge is 0.339 e. The number of carbonyl (C=O) groups is 3. The number of carboxylic acids is 3. The van der Waals surface area contributed by atoms with E-state index in [1.165, 1.54) is 24.3 Å². The third-order valence-corrected chi connectivity index (χ3v) is 4.34. The Morgan fingerprint density at radius 1 is 0.647 bits per heavy atom. The monoisotopic (exact) mass is 480 g/mol. The van der Waals surface area contributed by atoms with Crippen LogP contribution in [-0.4, -0.2) is 83.1 Å². The molecule has 0 aromatic heterocycles. The van der Waals surface area contributed by atoms with Gasteiger partial charge in [-0.2, -0.15) is 0 Å². The summed E-state index contributed by atoms with van der Waals surface area (Å²) in [5.41, 5.74) is -0.319. The molecule has 0 amide bonds. The van der Waals surface area contributed by atoms with Gasteiger partial charge in [0.1, 0.15) is 30.3 Å². The molecule has 0 aliphatic heterocycles. The molecule has 184 valence electrons. The highest BCUT2D eigenvalue weighted by Gasteiger charge is 2.15. The van der Waals surface area contributed by atoms with Gasteiger partial charge in [-0.25, -0.2) is 14.4 Å². The molecule has 0 unspecified atom stereocenters. The van der Waals surface area contributed by atoms with Crippen LogP contribution in [0.25, 0.3) is 0 Å². The Labute approximate surface area is 193 Å². The van der Waals surface area contributed by atoms with Crippen molar-refractivity contribution in [1.29, 1.82) is 0 Å². The first kappa shape index (κ1) is 26.5. The van der Waals surface area contributed by atoms with Gasteiger partial charge in [0.25, 0.3) is 0 Å². The zero-order chi connectivity index (χ0) is 25.1. The Kier molecular flexibility index (Phi) is 10.2. The van der Waals surface area contributed by atoms with Crippen molar-refractivity contribution in [3.05, 3.63) is 58.7 Å². The average Bonchev–Trinajstić information content (AvgIpc) is 2.79. The van der Waals surface area contributed by atoms with Crippen molar-refractivity contribution in [2.75, 3.05) is 39.6 Å². The van der Waals surface area contributed by atoms with Gasteiger partial charge in [0.15, 0.2) is 6.29 Å². The molecule has 0 saturated carbocycles. The molecule has 2 rings (SSSR count). The van der Waals surface area contributed by atoms with E-state index >= 15 is 0 Å². The van der Waals surface area contributed by atoms with Crippen LogP contribution < -0.4 is 9.47 Å². The molecule has 12 nitrogen and oxygen atoms in total. The molecule has 0 saturated heterocycles. The average molecular weight is 480 g/mol. The van der Waals surface area contributed by atoms with Crippen LogP contribution in [0.15, 0.2) is 36.4 Å². The number of aliphatic hydroxyl groups is 2. The van der Waals surface area contributed by atoms with E-state index in [-0.39, 0.29) is 73.4 Å². The Balaban J connectivity index is 1.67. The molecular formula is C22H24O12. The number of hydrogen-bond donors (Lipinski definition) is 5. The molecule has 0 aliphatic carbocycles. The van der Waals surface area contributed by atoms with Gasteiger partial charge in [-0.3, -0.25) is 0 Å². The minimum Gasteiger partial charge on any atom is -0.491 e. The first-order valence-electron chi connectivity index (χ1n) is 9.95. The maximum Gasteiger partial charge on any atom is 0.339 e. The van der Waals surface area contributed by atoms with Crippen LogP contribution in [0.5, 0.6) is 11.5 Å². The van der Waals surface area contributed by atoms with E-state index in [0.29, 0.717) is 0 Å². The number of hydrogen-bond acceptors (Lipinski definition) is 9. The third kappa shape index (κ3) is 8.01. The first-order valence-corrected chi connectivity index (χ1v) is 9.95. The summed E-state index contributed by atoms with van der Waals surface area (Å²) in [6.45, 7) is 0.572. The summed E-state index contributed by atoms with van der Waals surface area (Å²) in [5.74, 6) is -3.71. The molecule has 12 heteroatoms. The van der Waals surface area contributed by atoms with Crippen molar-refractivity contribution >= 4 is 17.9 Å². The lowest BCUT2D eigenvalue weighted by Crippen LogP contribution is -2.15. The van der Waals surface area contributed by atoms with Crippen molar-refractivity contribution in [2.45, 2.75) is 6.29 Å². The Hall–Kier alpha value is -3.71. The van der Waals surface area contributed by atoms with Crippen molar-refractivity contribution in [3.8, 4) is 11.5 Å². The topological polar surface area (TPSA) is 189 Å². The molecule has 0 radical (unpaired) electrons. The first-order chi connectivity index (χ1) is 16.2. The third-order valence-electron chi connectivity index (χ3n) is 4.34. The van der Waals surface area contributed by atoms with Crippen molar-refractivity contribution in [1.82, 2.24) is 0 Å². The molecule has 0 atom stereocenters. The van der Waals surface area contributed by atoms with Crippen LogP contribution in [0.1, 0.15) is 42.9 Å². The quantitative estimate of drug-likeness (QED) is 0.181. The lowest BCUT2D eigenvalue weighted by atomic mass is 10.1. The predicted molar refractivity (Wildman–Crippen MR) is 114 cm³/mol. The molecule has 0 heterocycles. The van der Waals surface area contributed by atoms with Gasteiger partial charge in [0, 0.05) is 5.56 Å². The second kappa shape index (κ2) is 13.1. The van der Waals surface area contributed by atoms with Gasteiger partial charge in [0.2, 0.25) is 0 Å². The second-order valence-electron chi connectivity index (χ2n) is 6.67. The maximum atomic E-state index is 11.2. The lowest BCUT2D eigenvalue weighted by Gasteiger charge is -2.14. The predicted octanol–water partition coefficient (Wildman–Crippen LogP) is 1.26. The summed E-state index contributed by atoms with van der Waals surface area (Å²) in [6, 6.07) is 7.11. The minimum absolute atomic E-state index is 0.0135. The van der Waals surface area contributed by atoms with Crippen LogP contribution in [-0.2, 0) is 9.47 Å². The highest BCUT2D eigenvalue weighted by atomic mass is 16.6. The van der Waals surface area contributed by atoms with E-state index in [4.69, 9.17) is 34.3 Å². The summed E-state index contributed by atoms with van der Waals surface area (Å²) in [4.78, 5) is 33.3. The maximum absolute atomic E-state index is 11.2. The number of ether oxygens (including phenoxy) is 4. The van der Waals surface area contributed by atoms with Crippen LogP contribution in [0.2, 0.25) is 0 Å². The van der Waals surface area contributed by atoms with Crippen LogP contribution >= 0.6 is 0 Å². The van der Waals surface area contributed by atoms with Crippen molar-refractivity contribution in [2.24, 2.45) is 0 Å². The SMILES string of the molecule is O=C(O)c1ccc(C(=O)O)c(OCCOCCOCCOc2cc(C(=O)O)ccc2C(O)O)c1. The van der Waals surface area contributed by atoms with E-state index in [9.17, 15) is 24.6 Å². The van der Waals surface area contributed by atoms with E-state index in [0.717, 1.165) is 12.1 Å². The summed E-state index contributed by atoms with van der Waals surface area (Å²) in [7, 11) is 0. The number of aliphatic hydroxyl groups excluding tert-OH is 1. The standard InChI is InChI=1S/C22H24O12/c23-19(24)13-1-3-15(21(27)28)17(11-13)33-9-7-31-5-6-32-8-10-34-18-12-14(20(25)26)2-4-16(18)22(29)30/h1-4,11-12,21,27-28H,5-10H2,(H,23,24)(H,25,26)(H,29,30). The number of rotatable bonds is 15. The fourth-order valence-electron chi connectivity index (χ4n) is 2.70. The van der Waals surface area contributed by atoms with E-state index < -0.39 is 24.2 Å². The highest BCUT2D eigenvalue weighted by molar-refractivity contribution is 5.94. The lowest BCUT2D eigenvalue weighted by molar-refractivity contribution is -0.0446. The number of aromatic carboxylic acids is 3. The van der Waals surface area contributed by atoms with Crippen molar-refractivity contribution in [3.63, 3.8) is 0 Å². The molecule has 2 aromatic rings. The highest BCUT2D eigenvalue weighted by Crippen LogP contribution is 2.25. The molecule has 5 N–H and O–H groups in total. The van der Waals surface area contributed by atoms with Gasteiger partial charge in [-0.1, -0.05) is 0 Å². The molecule has 0 aliphatic rings. The van der Waals surface area contributed by atoms with Gasteiger partial charge in [-0.15, -0.1) is 0 Å². The molecule has 0 spiro atoms. The molecule has 0 fully saturated rings. The fourth-order valence-corrected chi connectivity index (χ4v) is 2.70. The summed E-state index contributed by atoms with van der Waals surface area (Å²) in [6.07, 6.45) is -1.83. The summed E-state index contributed by atoms with van der Waals surface area (Å²) >= 11 is 0. The van der Waals surface area contributed by atoms with Gasteiger partial charge < -0.3 is 44.5 Å². The van der Waals surface area contributed by atoms with Crippen LogP contribution in [0.3, 0.4) is 0 Å². The Morgan fingerprint density at radius 2 is 1.12 bits per heavy atom. The number of carboxylic acid groups (broad SMARTS) is 3. The van der Waals surface area contributed by atoms with E-state index in [1.54, 1.807) is 0 Å². The van der Waals surface area contributed by atoms with Gasteiger partial charge in [-0.05, 0) is 36.4 Å². The summed E-state index contributed by atoms with van der Waals surface area (Å²) < 4.78 is 21.3.